The number of nitrogens with zero attached hydrogens (tertiary/aromatic N) is 1. The van der Waals surface area contributed by atoms with Gasteiger partial charge in [-0.05, 0) is 24.1 Å². The Balaban J connectivity index is 2.69. The molecule has 116 valence electrons. The van der Waals surface area contributed by atoms with Crippen LogP contribution < -0.4 is 5.32 Å². The predicted octanol–water partition coefficient (Wildman–Crippen LogP) is 1.56. The van der Waals surface area contributed by atoms with Crippen molar-refractivity contribution >= 4 is 11.8 Å². The summed E-state index contributed by atoms with van der Waals surface area (Å²) in [5.41, 5.74) is 1.55. The van der Waals surface area contributed by atoms with Gasteiger partial charge in [-0.3, -0.25) is 9.59 Å². The number of carbonyl (C=O) groups excluding carboxylic acids is 2. The summed E-state index contributed by atoms with van der Waals surface area (Å²) in [6.45, 7) is 4.98. The Morgan fingerprint density at radius 3 is 2.38 bits per heavy atom. The molecule has 1 aromatic rings. The van der Waals surface area contributed by atoms with E-state index >= 15 is 0 Å². The molecule has 0 aromatic heterocycles. The summed E-state index contributed by atoms with van der Waals surface area (Å²) >= 11 is 0. The zero-order valence-corrected chi connectivity index (χ0v) is 12.8. The lowest BCUT2D eigenvalue weighted by Gasteiger charge is -2.21. The molecule has 5 nitrogen and oxygen atoms in total. The number of aliphatic hydroxyl groups excluding tert-OH is 1. The first-order valence-electron chi connectivity index (χ1n) is 7.32. The Bertz CT molecular complexity index is 457. The standard InChI is InChI=1S/C16H24N2O3/c1-3-4-9-18(10-11-19)16(21)15-7-5-14(6-8-15)12-17-13(2)20/h5-8,19H,3-4,9-12H2,1-2H3,(H,17,20). The van der Waals surface area contributed by atoms with Crippen molar-refractivity contribution in [2.45, 2.75) is 33.2 Å². The summed E-state index contributed by atoms with van der Waals surface area (Å²) in [6.07, 6.45) is 1.93. The Morgan fingerprint density at radius 1 is 1.19 bits per heavy atom. The lowest BCUT2D eigenvalue weighted by atomic mass is 10.1. The summed E-state index contributed by atoms with van der Waals surface area (Å²) in [5, 5.41) is 11.8. The van der Waals surface area contributed by atoms with E-state index in [1.54, 1.807) is 17.0 Å². The third-order valence-corrected chi connectivity index (χ3v) is 3.18. The van der Waals surface area contributed by atoms with Gasteiger partial charge >= 0.3 is 0 Å². The highest BCUT2D eigenvalue weighted by molar-refractivity contribution is 5.94. The van der Waals surface area contributed by atoms with Crippen LogP contribution in [0.3, 0.4) is 0 Å². The molecule has 2 amide bonds. The second-order valence-corrected chi connectivity index (χ2v) is 4.98. The first-order chi connectivity index (χ1) is 10.1. The number of hydrogen-bond donors (Lipinski definition) is 2. The number of aliphatic hydroxyl groups is 1. The zero-order chi connectivity index (χ0) is 15.7. The Morgan fingerprint density at radius 2 is 1.86 bits per heavy atom. The number of carbonyl (C=O) groups is 2. The molecule has 0 aliphatic rings. The molecule has 0 bridgehead atoms. The Labute approximate surface area is 126 Å². The van der Waals surface area contributed by atoms with E-state index in [9.17, 15) is 9.59 Å². The van der Waals surface area contributed by atoms with Crippen LogP contribution in [0.5, 0.6) is 0 Å². The number of benzene rings is 1. The summed E-state index contributed by atoms with van der Waals surface area (Å²) in [5.74, 6) is -0.146. The van der Waals surface area contributed by atoms with Crippen molar-refractivity contribution in [3.63, 3.8) is 0 Å². The number of nitrogens with one attached hydrogen (secondary N) is 1. The number of hydrogen-bond acceptors (Lipinski definition) is 3. The number of rotatable bonds is 8. The van der Waals surface area contributed by atoms with Crippen LogP contribution in [0.1, 0.15) is 42.6 Å². The topological polar surface area (TPSA) is 69.6 Å². The second kappa shape index (κ2) is 9.13. The van der Waals surface area contributed by atoms with Crippen molar-refractivity contribution < 1.29 is 14.7 Å². The normalized spacial score (nSPS) is 10.2. The van der Waals surface area contributed by atoms with E-state index < -0.39 is 0 Å². The third-order valence-electron chi connectivity index (χ3n) is 3.18. The molecule has 0 radical (unpaired) electrons. The van der Waals surface area contributed by atoms with Crippen molar-refractivity contribution in [1.82, 2.24) is 10.2 Å². The van der Waals surface area contributed by atoms with Gasteiger partial charge in [-0.1, -0.05) is 25.5 Å². The lowest BCUT2D eigenvalue weighted by molar-refractivity contribution is -0.119. The smallest absolute Gasteiger partial charge is 0.253 e. The van der Waals surface area contributed by atoms with Crippen LogP contribution in [0, 0.1) is 0 Å². The van der Waals surface area contributed by atoms with Crippen LogP contribution in [0.2, 0.25) is 0 Å². The van der Waals surface area contributed by atoms with Crippen molar-refractivity contribution in [3.05, 3.63) is 35.4 Å². The Hall–Kier alpha value is -1.88. The maximum atomic E-state index is 12.4. The molecular formula is C16H24N2O3. The van der Waals surface area contributed by atoms with Crippen LogP contribution in [-0.4, -0.2) is 41.5 Å². The average molecular weight is 292 g/mol. The first-order valence-corrected chi connectivity index (χ1v) is 7.32. The molecule has 0 unspecified atom stereocenters. The van der Waals surface area contributed by atoms with E-state index in [1.165, 1.54) is 6.92 Å². The molecule has 5 heteroatoms. The monoisotopic (exact) mass is 292 g/mol. The molecule has 1 rings (SSSR count). The zero-order valence-electron chi connectivity index (χ0n) is 12.8. The molecule has 0 atom stereocenters. The molecule has 0 saturated heterocycles. The van der Waals surface area contributed by atoms with Gasteiger partial charge < -0.3 is 15.3 Å². The molecule has 2 N–H and O–H groups in total. The lowest BCUT2D eigenvalue weighted by Crippen LogP contribution is -2.34. The summed E-state index contributed by atoms with van der Waals surface area (Å²) in [4.78, 5) is 24.9. The maximum Gasteiger partial charge on any atom is 0.253 e. The Kier molecular flexibility index (Phi) is 7.46. The van der Waals surface area contributed by atoms with Gasteiger partial charge in [0.1, 0.15) is 0 Å². The predicted molar refractivity (Wildman–Crippen MR) is 81.9 cm³/mol. The van der Waals surface area contributed by atoms with E-state index in [4.69, 9.17) is 5.11 Å². The molecule has 0 aliphatic carbocycles. The highest BCUT2D eigenvalue weighted by atomic mass is 16.3. The van der Waals surface area contributed by atoms with E-state index in [-0.39, 0.29) is 18.4 Å². The van der Waals surface area contributed by atoms with E-state index in [0.29, 0.717) is 25.2 Å². The highest BCUT2D eigenvalue weighted by Gasteiger charge is 2.14. The maximum absolute atomic E-state index is 12.4. The minimum absolute atomic E-state index is 0.0317. The first kappa shape index (κ1) is 17.2. The number of unbranched alkanes of at least 4 members (excludes halogenated alkanes) is 1. The van der Waals surface area contributed by atoms with Crippen molar-refractivity contribution in [2.75, 3.05) is 19.7 Å². The fraction of sp³-hybridized carbons (Fsp3) is 0.500. The molecular weight excluding hydrogens is 268 g/mol. The van der Waals surface area contributed by atoms with E-state index in [2.05, 4.69) is 12.2 Å². The van der Waals surface area contributed by atoms with Crippen molar-refractivity contribution in [1.29, 1.82) is 0 Å². The van der Waals surface area contributed by atoms with Crippen LogP contribution in [0.25, 0.3) is 0 Å². The fourth-order valence-corrected chi connectivity index (χ4v) is 1.96. The molecule has 21 heavy (non-hydrogen) atoms. The van der Waals surface area contributed by atoms with Gasteiger partial charge in [0, 0.05) is 32.1 Å². The van der Waals surface area contributed by atoms with E-state index in [1.807, 2.05) is 12.1 Å². The van der Waals surface area contributed by atoms with E-state index in [0.717, 1.165) is 18.4 Å². The summed E-state index contributed by atoms with van der Waals surface area (Å²) < 4.78 is 0. The van der Waals surface area contributed by atoms with Crippen LogP contribution in [0.15, 0.2) is 24.3 Å². The number of amides is 2. The highest BCUT2D eigenvalue weighted by Crippen LogP contribution is 2.09. The molecule has 0 heterocycles. The second-order valence-electron chi connectivity index (χ2n) is 4.98. The van der Waals surface area contributed by atoms with Crippen molar-refractivity contribution in [3.8, 4) is 0 Å². The van der Waals surface area contributed by atoms with Gasteiger partial charge in [0.2, 0.25) is 5.91 Å². The van der Waals surface area contributed by atoms with Gasteiger partial charge in [0.15, 0.2) is 0 Å². The summed E-state index contributed by atoms with van der Waals surface area (Å²) in [7, 11) is 0. The molecule has 0 spiro atoms. The third kappa shape index (κ3) is 5.95. The molecule has 0 saturated carbocycles. The summed E-state index contributed by atoms with van der Waals surface area (Å²) in [6, 6.07) is 7.19. The van der Waals surface area contributed by atoms with Gasteiger partial charge in [0.25, 0.3) is 5.91 Å². The van der Waals surface area contributed by atoms with Gasteiger partial charge in [-0.2, -0.15) is 0 Å². The van der Waals surface area contributed by atoms with Gasteiger partial charge in [-0.15, -0.1) is 0 Å². The minimum Gasteiger partial charge on any atom is -0.395 e. The van der Waals surface area contributed by atoms with Crippen LogP contribution in [0.4, 0.5) is 0 Å². The van der Waals surface area contributed by atoms with Gasteiger partial charge in [-0.25, -0.2) is 0 Å². The van der Waals surface area contributed by atoms with Gasteiger partial charge in [0.05, 0.1) is 6.61 Å². The molecule has 0 fully saturated rings. The quantitative estimate of drug-likeness (QED) is 0.764. The van der Waals surface area contributed by atoms with Crippen LogP contribution in [-0.2, 0) is 11.3 Å². The van der Waals surface area contributed by atoms with Crippen molar-refractivity contribution in [2.24, 2.45) is 0 Å². The fourth-order valence-electron chi connectivity index (χ4n) is 1.96. The molecule has 1 aromatic carbocycles. The SMILES string of the molecule is CCCCN(CCO)C(=O)c1ccc(CNC(C)=O)cc1. The average Bonchev–Trinajstić information content (AvgIpc) is 2.49. The van der Waals surface area contributed by atoms with Crippen LogP contribution >= 0.6 is 0 Å². The molecule has 0 aliphatic heterocycles. The minimum atomic E-state index is -0.0798. The largest absolute Gasteiger partial charge is 0.395 e.